The monoisotopic (exact) mass is 517 g/mol. The lowest BCUT2D eigenvalue weighted by atomic mass is 9.84. The van der Waals surface area contributed by atoms with Crippen LogP contribution in [0.1, 0.15) is 59.1 Å². The largest absolute Gasteiger partial charge is 0.497 e. The van der Waals surface area contributed by atoms with Crippen LogP contribution in [0.25, 0.3) is 0 Å². The fourth-order valence-electron chi connectivity index (χ4n) is 5.29. The second kappa shape index (κ2) is 11.8. The van der Waals surface area contributed by atoms with Crippen molar-refractivity contribution in [2.24, 2.45) is 0 Å². The first-order valence-corrected chi connectivity index (χ1v) is 13.2. The average Bonchev–Trinajstić information content (AvgIpc) is 3.08. The summed E-state index contributed by atoms with van der Waals surface area (Å²) in [5.74, 6) is 0.530. The number of hydrogen-bond acceptors (Lipinski definition) is 6. The quantitative estimate of drug-likeness (QED) is 0.313. The molecule has 7 nitrogen and oxygen atoms in total. The van der Waals surface area contributed by atoms with Crippen LogP contribution < -0.4 is 20.5 Å². The van der Waals surface area contributed by atoms with Crippen LogP contribution in [0, 0.1) is 13.8 Å². The number of anilines is 2. The standard InChI is InChI=1S/C31H39N3O4/c1-6-24-18-34(16-22-9-10-25(37-5)14-29(22)38-24)17-23-13-21(8-7-19(23)2)27(15-30(35)36)26-11-12-28(33-4)31(32)20(26)3/h7-14,24,27,33H,6,15-18,32H2,1-5H3,(H,35,36). The fraction of sp³-hybridized carbons (Fsp3) is 0.387. The summed E-state index contributed by atoms with van der Waals surface area (Å²) < 4.78 is 11.8. The van der Waals surface area contributed by atoms with E-state index in [9.17, 15) is 9.90 Å². The molecule has 0 fully saturated rings. The molecule has 0 aliphatic carbocycles. The van der Waals surface area contributed by atoms with Gasteiger partial charge in [0.1, 0.15) is 17.6 Å². The van der Waals surface area contributed by atoms with Crippen molar-refractivity contribution in [1.82, 2.24) is 4.90 Å². The van der Waals surface area contributed by atoms with E-state index in [-0.39, 0.29) is 18.4 Å². The van der Waals surface area contributed by atoms with E-state index >= 15 is 0 Å². The third kappa shape index (κ3) is 5.89. The average molecular weight is 518 g/mol. The molecule has 4 rings (SSSR count). The molecule has 0 radical (unpaired) electrons. The highest BCUT2D eigenvalue weighted by Gasteiger charge is 2.25. The lowest BCUT2D eigenvalue weighted by Crippen LogP contribution is -2.32. The number of aliphatic carboxylic acids is 1. The molecule has 202 valence electrons. The predicted octanol–water partition coefficient (Wildman–Crippen LogP) is 5.72. The van der Waals surface area contributed by atoms with Crippen molar-refractivity contribution in [2.45, 2.75) is 58.7 Å². The number of hydrogen-bond donors (Lipinski definition) is 3. The van der Waals surface area contributed by atoms with Crippen molar-refractivity contribution in [3.8, 4) is 11.5 Å². The first-order valence-electron chi connectivity index (χ1n) is 13.2. The lowest BCUT2D eigenvalue weighted by molar-refractivity contribution is -0.137. The SMILES string of the molecule is CCC1CN(Cc2cc(C(CC(=O)O)c3ccc(NC)c(N)c3C)ccc2C)Cc2ccc(OC)cc2O1. The van der Waals surface area contributed by atoms with Crippen molar-refractivity contribution in [2.75, 3.05) is 31.8 Å². The van der Waals surface area contributed by atoms with E-state index in [1.165, 1.54) is 11.1 Å². The smallest absolute Gasteiger partial charge is 0.304 e. The Morgan fingerprint density at radius 1 is 1.21 bits per heavy atom. The zero-order chi connectivity index (χ0) is 27.4. The zero-order valence-corrected chi connectivity index (χ0v) is 23.0. The molecule has 2 atom stereocenters. The summed E-state index contributed by atoms with van der Waals surface area (Å²) in [5.41, 5.74) is 14.2. The van der Waals surface area contributed by atoms with Crippen LogP contribution in [-0.4, -0.2) is 42.8 Å². The number of ether oxygens (including phenoxy) is 2. The molecule has 0 saturated carbocycles. The van der Waals surface area contributed by atoms with Gasteiger partial charge in [-0.1, -0.05) is 37.3 Å². The van der Waals surface area contributed by atoms with E-state index in [1.807, 2.05) is 38.2 Å². The Bertz CT molecular complexity index is 1310. The topological polar surface area (TPSA) is 97.1 Å². The summed E-state index contributed by atoms with van der Waals surface area (Å²) in [6.07, 6.45) is 0.964. The van der Waals surface area contributed by atoms with E-state index in [2.05, 4.69) is 48.3 Å². The van der Waals surface area contributed by atoms with Crippen LogP contribution in [0.3, 0.4) is 0 Å². The number of nitrogens with zero attached hydrogens (tertiary/aromatic N) is 1. The van der Waals surface area contributed by atoms with Crippen molar-refractivity contribution in [3.05, 3.63) is 81.9 Å². The number of carboxylic acids is 1. The molecule has 1 heterocycles. The molecular formula is C31H39N3O4. The molecule has 2 unspecified atom stereocenters. The number of fused-ring (bicyclic) bond motifs is 1. The molecule has 0 amide bonds. The summed E-state index contributed by atoms with van der Waals surface area (Å²) in [6.45, 7) is 8.52. The van der Waals surface area contributed by atoms with Crippen molar-refractivity contribution in [3.63, 3.8) is 0 Å². The maximum atomic E-state index is 11.9. The molecule has 0 spiro atoms. The highest BCUT2D eigenvalue weighted by molar-refractivity contribution is 5.74. The normalized spacial score (nSPS) is 16.2. The molecular weight excluding hydrogens is 478 g/mol. The number of nitrogens with two attached hydrogens (primary N) is 1. The molecule has 38 heavy (non-hydrogen) atoms. The second-order valence-corrected chi connectivity index (χ2v) is 10.1. The number of benzene rings is 3. The number of nitrogens with one attached hydrogen (secondary N) is 1. The van der Waals surface area contributed by atoms with Crippen LogP contribution in [0.5, 0.6) is 11.5 Å². The van der Waals surface area contributed by atoms with Gasteiger partial charge in [-0.15, -0.1) is 0 Å². The maximum Gasteiger partial charge on any atom is 0.304 e. The Morgan fingerprint density at radius 3 is 2.68 bits per heavy atom. The number of methoxy groups -OCH3 is 1. The van der Waals surface area contributed by atoms with Gasteiger partial charge in [-0.05, 0) is 60.2 Å². The number of carboxylic acid groups (broad SMARTS) is 1. The van der Waals surface area contributed by atoms with Gasteiger partial charge >= 0.3 is 5.97 Å². The minimum Gasteiger partial charge on any atom is -0.497 e. The molecule has 1 aliphatic rings. The summed E-state index contributed by atoms with van der Waals surface area (Å²) in [7, 11) is 3.50. The van der Waals surface area contributed by atoms with Crippen LogP contribution in [0.2, 0.25) is 0 Å². The van der Waals surface area contributed by atoms with Gasteiger partial charge in [0.25, 0.3) is 0 Å². The molecule has 0 aromatic heterocycles. The van der Waals surface area contributed by atoms with Gasteiger partial charge in [0.2, 0.25) is 0 Å². The highest BCUT2D eigenvalue weighted by atomic mass is 16.5. The van der Waals surface area contributed by atoms with E-state index in [1.54, 1.807) is 7.11 Å². The molecule has 4 N–H and O–H groups in total. The van der Waals surface area contributed by atoms with Crippen LogP contribution in [0.4, 0.5) is 11.4 Å². The molecule has 3 aromatic carbocycles. The third-order valence-electron chi connectivity index (χ3n) is 7.63. The highest BCUT2D eigenvalue weighted by Crippen LogP contribution is 2.37. The number of aryl methyl sites for hydroxylation is 1. The van der Waals surface area contributed by atoms with Crippen molar-refractivity contribution < 1.29 is 19.4 Å². The Morgan fingerprint density at radius 2 is 2.00 bits per heavy atom. The summed E-state index contributed by atoms with van der Waals surface area (Å²) in [5, 5.41) is 12.9. The Balaban J connectivity index is 1.67. The Labute approximate surface area is 225 Å². The van der Waals surface area contributed by atoms with E-state index in [0.29, 0.717) is 5.69 Å². The predicted molar refractivity (Wildman–Crippen MR) is 152 cm³/mol. The molecule has 7 heteroatoms. The maximum absolute atomic E-state index is 11.9. The van der Waals surface area contributed by atoms with E-state index in [0.717, 1.165) is 65.5 Å². The van der Waals surface area contributed by atoms with Crippen molar-refractivity contribution >= 4 is 17.3 Å². The molecule has 0 bridgehead atoms. The van der Waals surface area contributed by atoms with Crippen molar-refractivity contribution in [1.29, 1.82) is 0 Å². The minimum absolute atomic E-state index is 0.00759. The lowest BCUT2D eigenvalue weighted by Gasteiger charge is -2.26. The molecule has 1 aliphatic heterocycles. The first kappa shape index (κ1) is 27.3. The number of carbonyl (C=O) groups is 1. The van der Waals surface area contributed by atoms with Gasteiger partial charge in [-0.25, -0.2) is 0 Å². The van der Waals surface area contributed by atoms with Crippen LogP contribution >= 0.6 is 0 Å². The van der Waals surface area contributed by atoms with E-state index < -0.39 is 5.97 Å². The Hall–Kier alpha value is -3.71. The zero-order valence-electron chi connectivity index (χ0n) is 23.0. The Kier molecular flexibility index (Phi) is 8.47. The van der Waals surface area contributed by atoms with Gasteiger partial charge in [0.15, 0.2) is 0 Å². The first-order chi connectivity index (χ1) is 18.2. The van der Waals surface area contributed by atoms with Gasteiger partial charge in [-0.2, -0.15) is 0 Å². The van der Waals surface area contributed by atoms with Gasteiger partial charge < -0.3 is 25.6 Å². The summed E-state index contributed by atoms with van der Waals surface area (Å²) >= 11 is 0. The summed E-state index contributed by atoms with van der Waals surface area (Å²) in [6, 6.07) is 16.3. The third-order valence-corrected chi connectivity index (χ3v) is 7.63. The van der Waals surface area contributed by atoms with Crippen LogP contribution in [-0.2, 0) is 17.9 Å². The molecule has 0 saturated heterocycles. The number of rotatable bonds is 9. The fourth-order valence-corrected chi connectivity index (χ4v) is 5.29. The molecule has 3 aromatic rings. The van der Waals surface area contributed by atoms with Gasteiger partial charge in [-0.3, -0.25) is 9.69 Å². The summed E-state index contributed by atoms with van der Waals surface area (Å²) in [4.78, 5) is 14.4. The number of nitrogen functional groups attached to an aromatic ring is 1. The van der Waals surface area contributed by atoms with Gasteiger partial charge in [0, 0.05) is 44.2 Å². The van der Waals surface area contributed by atoms with Crippen LogP contribution in [0.15, 0.2) is 48.5 Å². The second-order valence-electron chi connectivity index (χ2n) is 10.1. The minimum atomic E-state index is -0.838. The van der Waals surface area contributed by atoms with E-state index in [4.69, 9.17) is 15.2 Å². The van der Waals surface area contributed by atoms with Gasteiger partial charge in [0.05, 0.1) is 24.9 Å².